The van der Waals surface area contributed by atoms with Gasteiger partial charge >= 0.3 is 0 Å². The van der Waals surface area contributed by atoms with E-state index in [2.05, 4.69) is 0 Å². The molecule has 0 radical (unpaired) electrons. The zero-order valence-corrected chi connectivity index (χ0v) is 9.66. The van der Waals surface area contributed by atoms with Gasteiger partial charge < -0.3 is 5.11 Å². The zero-order valence-electron chi connectivity index (χ0n) is 8.84. The molecular weight excluding hydrogens is 214 g/mol. The molecule has 0 unspecified atom stereocenters. The van der Waals surface area contributed by atoms with Crippen molar-refractivity contribution in [1.29, 1.82) is 0 Å². The van der Waals surface area contributed by atoms with Crippen molar-refractivity contribution < 1.29 is 13.5 Å². The number of hydrogen-bond acceptors (Lipinski definition) is 3. The summed E-state index contributed by atoms with van der Waals surface area (Å²) in [6.07, 6.45) is 1.75. The van der Waals surface area contributed by atoms with Crippen LogP contribution in [0.3, 0.4) is 0 Å². The number of hydrogen-bond donors (Lipinski definition) is 1. The van der Waals surface area contributed by atoms with E-state index in [1.165, 1.54) is 11.4 Å². The second-order valence-electron chi connectivity index (χ2n) is 3.37. The number of sulfonamides is 1. The summed E-state index contributed by atoms with van der Waals surface area (Å²) in [5.41, 5.74) is 1.61. The van der Waals surface area contributed by atoms with Gasteiger partial charge in [-0.15, -0.1) is 0 Å². The molecule has 0 spiro atoms. The van der Waals surface area contributed by atoms with Crippen molar-refractivity contribution in [2.75, 3.05) is 24.2 Å². The van der Waals surface area contributed by atoms with Gasteiger partial charge in [0.15, 0.2) is 0 Å². The average Bonchev–Trinajstić information content (AvgIpc) is 2.17. The molecule has 5 heteroatoms. The van der Waals surface area contributed by atoms with E-state index < -0.39 is 10.0 Å². The maximum Gasteiger partial charge on any atom is 0.231 e. The molecule has 0 fully saturated rings. The van der Waals surface area contributed by atoms with E-state index >= 15 is 0 Å². The van der Waals surface area contributed by atoms with Crippen LogP contribution in [0.25, 0.3) is 0 Å². The Balaban J connectivity index is 2.89. The standard InChI is InChI=1S/C10H15NO3S/c1-11(15(2,13)14)10-5-3-9(4-6-10)7-8-12/h3-6,12H,7-8H2,1-2H3. The van der Waals surface area contributed by atoms with Gasteiger partial charge in [0.25, 0.3) is 0 Å². The lowest BCUT2D eigenvalue weighted by molar-refractivity contribution is 0.299. The van der Waals surface area contributed by atoms with Crippen LogP contribution in [0.1, 0.15) is 5.56 Å². The highest BCUT2D eigenvalue weighted by molar-refractivity contribution is 7.92. The topological polar surface area (TPSA) is 57.6 Å². The fraction of sp³-hybridized carbons (Fsp3) is 0.400. The first-order valence-corrected chi connectivity index (χ1v) is 6.43. The highest BCUT2D eigenvalue weighted by Gasteiger charge is 2.10. The van der Waals surface area contributed by atoms with Crippen LogP contribution < -0.4 is 4.31 Å². The molecule has 4 nitrogen and oxygen atoms in total. The minimum atomic E-state index is -3.20. The number of nitrogens with zero attached hydrogens (tertiary/aromatic N) is 1. The van der Waals surface area contributed by atoms with Gasteiger partial charge in [0.05, 0.1) is 11.9 Å². The van der Waals surface area contributed by atoms with Gasteiger partial charge in [-0.25, -0.2) is 8.42 Å². The third-order valence-corrected chi connectivity index (χ3v) is 3.40. The van der Waals surface area contributed by atoms with E-state index in [-0.39, 0.29) is 6.61 Å². The lowest BCUT2D eigenvalue weighted by atomic mass is 10.1. The van der Waals surface area contributed by atoms with Gasteiger partial charge in [-0.3, -0.25) is 4.31 Å². The monoisotopic (exact) mass is 229 g/mol. The Hall–Kier alpha value is -1.07. The van der Waals surface area contributed by atoms with E-state index in [1.807, 2.05) is 12.1 Å². The largest absolute Gasteiger partial charge is 0.396 e. The highest BCUT2D eigenvalue weighted by Crippen LogP contribution is 2.16. The number of aliphatic hydroxyl groups is 1. The van der Waals surface area contributed by atoms with Gasteiger partial charge in [0.1, 0.15) is 0 Å². The Morgan fingerprint density at radius 2 is 1.80 bits per heavy atom. The summed E-state index contributed by atoms with van der Waals surface area (Å²) in [5.74, 6) is 0. The van der Waals surface area contributed by atoms with Crippen LogP contribution in [0.15, 0.2) is 24.3 Å². The quantitative estimate of drug-likeness (QED) is 0.823. The molecule has 0 aliphatic carbocycles. The fourth-order valence-corrected chi connectivity index (χ4v) is 1.70. The van der Waals surface area contributed by atoms with Crippen molar-refractivity contribution in [2.24, 2.45) is 0 Å². The van der Waals surface area contributed by atoms with Crippen molar-refractivity contribution in [3.05, 3.63) is 29.8 Å². The van der Waals surface area contributed by atoms with Crippen molar-refractivity contribution in [1.82, 2.24) is 0 Å². The van der Waals surface area contributed by atoms with E-state index in [9.17, 15) is 8.42 Å². The van der Waals surface area contributed by atoms with Crippen LogP contribution in [0.4, 0.5) is 5.69 Å². The summed E-state index contributed by atoms with van der Waals surface area (Å²) in [4.78, 5) is 0. The SMILES string of the molecule is CN(c1ccc(CCO)cc1)S(C)(=O)=O. The first-order chi connectivity index (χ1) is 6.95. The molecule has 0 heterocycles. The van der Waals surface area contributed by atoms with Crippen molar-refractivity contribution in [2.45, 2.75) is 6.42 Å². The molecule has 0 saturated heterocycles. The molecule has 0 atom stereocenters. The Morgan fingerprint density at radius 3 is 2.20 bits per heavy atom. The highest BCUT2D eigenvalue weighted by atomic mass is 32.2. The lowest BCUT2D eigenvalue weighted by Crippen LogP contribution is -2.24. The van der Waals surface area contributed by atoms with Gasteiger partial charge in [-0.1, -0.05) is 12.1 Å². The molecule has 84 valence electrons. The maximum atomic E-state index is 11.2. The minimum absolute atomic E-state index is 0.0985. The Kier molecular flexibility index (Phi) is 3.71. The van der Waals surface area contributed by atoms with E-state index in [0.717, 1.165) is 11.8 Å². The normalized spacial score (nSPS) is 11.4. The van der Waals surface area contributed by atoms with Crippen LogP contribution in [0.2, 0.25) is 0 Å². The van der Waals surface area contributed by atoms with E-state index in [1.54, 1.807) is 12.1 Å². The van der Waals surface area contributed by atoms with Crippen LogP contribution >= 0.6 is 0 Å². The van der Waals surface area contributed by atoms with E-state index in [4.69, 9.17) is 5.11 Å². The number of rotatable bonds is 4. The summed E-state index contributed by atoms with van der Waals surface area (Å²) in [6.45, 7) is 0.0985. The Morgan fingerprint density at radius 1 is 1.27 bits per heavy atom. The Labute approximate surface area is 90.2 Å². The predicted molar refractivity (Wildman–Crippen MR) is 60.5 cm³/mol. The van der Waals surface area contributed by atoms with E-state index in [0.29, 0.717) is 12.1 Å². The maximum absolute atomic E-state index is 11.2. The minimum Gasteiger partial charge on any atom is -0.396 e. The van der Waals surface area contributed by atoms with Crippen molar-refractivity contribution in [3.8, 4) is 0 Å². The molecular formula is C10H15NO3S. The first kappa shape index (κ1) is 12.0. The number of aliphatic hydroxyl groups excluding tert-OH is 1. The lowest BCUT2D eigenvalue weighted by Gasteiger charge is -2.16. The smallest absolute Gasteiger partial charge is 0.231 e. The molecule has 0 aromatic heterocycles. The number of anilines is 1. The third-order valence-electron chi connectivity index (χ3n) is 2.20. The van der Waals surface area contributed by atoms with Gasteiger partial charge in [0.2, 0.25) is 10.0 Å². The molecule has 1 aromatic carbocycles. The van der Waals surface area contributed by atoms with Gasteiger partial charge in [0, 0.05) is 13.7 Å². The summed E-state index contributed by atoms with van der Waals surface area (Å²) >= 11 is 0. The molecule has 0 saturated carbocycles. The Bertz CT molecular complexity index is 411. The molecule has 1 aromatic rings. The molecule has 0 aliphatic rings. The summed E-state index contributed by atoms with van der Waals surface area (Å²) in [5, 5.41) is 8.72. The molecule has 15 heavy (non-hydrogen) atoms. The fourth-order valence-electron chi connectivity index (χ4n) is 1.19. The third kappa shape index (κ3) is 3.21. The number of benzene rings is 1. The molecule has 0 bridgehead atoms. The van der Waals surface area contributed by atoms with Crippen LogP contribution in [-0.4, -0.2) is 33.4 Å². The molecule has 0 aliphatic heterocycles. The van der Waals surface area contributed by atoms with Crippen LogP contribution in [-0.2, 0) is 16.4 Å². The average molecular weight is 229 g/mol. The second-order valence-corrected chi connectivity index (χ2v) is 5.38. The summed E-state index contributed by atoms with van der Waals surface area (Å²) < 4.78 is 23.7. The first-order valence-electron chi connectivity index (χ1n) is 4.59. The molecule has 1 N–H and O–H groups in total. The molecule has 1 rings (SSSR count). The zero-order chi connectivity index (χ0) is 11.5. The predicted octanol–water partition coefficient (Wildman–Crippen LogP) is 0.617. The molecule has 0 amide bonds. The van der Waals surface area contributed by atoms with Crippen LogP contribution in [0.5, 0.6) is 0 Å². The van der Waals surface area contributed by atoms with Crippen LogP contribution in [0, 0.1) is 0 Å². The van der Waals surface area contributed by atoms with Gasteiger partial charge in [-0.2, -0.15) is 0 Å². The van der Waals surface area contributed by atoms with Crippen molar-refractivity contribution >= 4 is 15.7 Å². The summed E-state index contributed by atoms with van der Waals surface area (Å²) in [7, 11) is -1.69. The second kappa shape index (κ2) is 4.63. The van der Waals surface area contributed by atoms with Gasteiger partial charge in [-0.05, 0) is 24.1 Å². The van der Waals surface area contributed by atoms with Crippen molar-refractivity contribution in [3.63, 3.8) is 0 Å². The summed E-state index contributed by atoms with van der Waals surface area (Å²) in [6, 6.07) is 7.08.